The number of carbonyl (C=O) groups excluding carboxylic acids is 2. The lowest BCUT2D eigenvalue weighted by Crippen LogP contribution is -2.64. The summed E-state index contributed by atoms with van der Waals surface area (Å²) in [7, 11) is 1.74. The van der Waals surface area contributed by atoms with E-state index in [-0.39, 0.29) is 18.2 Å². The van der Waals surface area contributed by atoms with E-state index in [2.05, 4.69) is 0 Å². The van der Waals surface area contributed by atoms with Crippen LogP contribution < -0.4 is 0 Å². The number of rotatable bonds is 3. The van der Waals surface area contributed by atoms with Crippen LogP contribution in [0.4, 0.5) is 0 Å². The summed E-state index contributed by atoms with van der Waals surface area (Å²) in [6, 6.07) is 9.12. The van der Waals surface area contributed by atoms with Crippen molar-refractivity contribution in [3.05, 3.63) is 35.9 Å². The molecular weight excluding hydrogens is 280 g/mol. The fraction of sp³-hybridized carbons (Fsp3) is 0.529. The lowest BCUT2D eigenvalue weighted by Gasteiger charge is -2.45. The molecule has 1 aliphatic heterocycles. The molecule has 120 valence electrons. The van der Waals surface area contributed by atoms with Gasteiger partial charge in [0.05, 0.1) is 12.0 Å². The van der Waals surface area contributed by atoms with Gasteiger partial charge in [-0.3, -0.25) is 9.59 Å². The number of hydrogen-bond donors (Lipinski definition) is 1. The van der Waals surface area contributed by atoms with Gasteiger partial charge in [-0.05, 0) is 26.3 Å². The molecule has 1 fully saturated rings. The van der Waals surface area contributed by atoms with Gasteiger partial charge in [-0.25, -0.2) is 0 Å². The Hall–Kier alpha value is -1.88. The van der Waals surface area contributed by atoms with E-state index in [1.165, 1.54) is 0 Å². The van der Waals surface area contributed by atoms with Crippen molar-refractivity contribution < 1.29 is 14.7 Å². The van der Waals surface area contributed by atoms with Crippen molar-refractivity contribution >= 4 is 11.8 Å². The van der Waals surface area contributed by atoms with Crippen LogP contribution in [0.3, 0.4) is 0 Å². The molecule has 1 heterocycles. The third-order valence-electron chi connectivity index (χ3n) is 4.40. The Kier molecular flexibility index (Phi) is 4.29. The molecular formula is C17H24N2O3. The lowest BCUT2D eigenvalue weighted by molar-refractivity contribution is -0.159. The second kappa shape index (κ2) is 5.72. The van der Waals surface area contributed by atoms with Gasteiger partial charge in [0.1, 0.15) is 5.54 Å². The van der Waals surface area contributed by atoms with E-state index in [9.17, 15) is 14.7 Å². The summed E-state index contributed by atoms with van der Waals surface area (Å²) >= 11 is 0. The summed E-state index contributed by atoms with van der Waals surface area (Å²) in [6.45, 7) is 6.13. The van der Waals surface area contributed by atoms with Crippen LogP contribution in [0.2, 0.25) is 0 Å². The normalized spacial score (nSPS) is 20.7. The van der Waals surface area contributed by atoms with Crippen molar-refractivity contribution in [3.8, 4) is 0 Å². The van der Waals surface area contributed by atoms with Crippen LogP contribution in [0.5, 0.6) is 0 Å². The molecule has 0 aromatic heterocycles. The zero-order chi connectivity index (χ0) is 16.5. The van der Waals surface area contributed by atoms with E-state index in [0.29, 0.717) is 18.7 Å². The quantitative estimate of drug-likeness (QED) is 0.917. The molecule has 1 aliphatic rings. The van der Waals surface area contributed by atoms with Crippen LogP contribution in [-0.2, 0) is 15.2 Å². The first kappa shape index (κ1) is 16.5. The topological polar surface area (TPSA) is 60.9 Å². The van der Waals surface area contributed by atoms with Gasteiger partial charge in [-0.15, -0.1) is 0 Å². The minimum atomic E-state index is -1.25. The number of piperazine rings is 1. The van der Waals surface area contributed by atoms with Crippen molar-refractivity contribution in [2.75, 3.05) is 20.1 Å². The third kappa shape index (κ3) is 2.99. The fourth-order valence-corrected chi connectivity index (χ4v) is 2.94. The predicted octanol–water partition coefficient (Wildman–Crippen LogP) is 1.36. The summed E-state index contributed by atoms with van der Waals surface area (Å²) in [6.07, 6.45) is -0.0442. The zero-order valence-electron chi connectivity index (χ0n) is 13.7. The molecule has 1 saturated heterocycles. The molecule has 0 bridgehead atoms. The number of benzene rings is 1. The van der Waals surface area contributed by atoms with Crippen LogP contribution in [0.15, 0.2) is 30.3 Å². The Balaban J connectivity index is 2.17. The van der Waals surface area contributed by atoms with Crippen LogP contribution in [0.25, 0.3) is 0 Å². The number of aliphatic hydroxyl groups is 1. The SMILES string of the molecule is CN1CCN(C(=O)CC(C)(O)c2ccccc2)C(C)(C)C1=O. The molecule has 2 rings (SSSR count). The minimum absolute atomic E-state index is 0.0442. The smallest absolute Gasteiger partial charge is 0.247 e. The highest BCUT2D eigenvalue weighted by atomic mass is 16.3. The number of carbonyl (C=O) groups is 2. The molecule has 5 nitrogen and oxygen atoms in total. The summed E-state index contributed by atoms with van der Waals surface area (Å²) in [4.78, 5) is 28.1. The van der Waals surface area contributed by atoms with Crippen LogP contribution >= 0.6 is 0 Å². The van der Waals surface area contributed by atoms with E-state index in [0.717, 1.165) is 0 Å². The number of likely N-dealkylation sites (N-methyl/N-ethyl adjacent to an activating group) is 1. The maximum atomic E-state index is 12.7. The Morgan fingerprint density at radius 2 is 1.86 bits per heavy atom. The molecule has 2 amide bonds. The van der Waals surface area contributed by atoms with Crippen LogP contribution in [-0.4, -0.2) is 52.4 Å². The van der Waals surface area contributed by atoms with Gasteiger partial charge < -0.3 is 14.9 Å². The van der Waals surface area contributed by atoms with Crippen molar-refractivity contribution in [1.29, 1.82) is 0 Å². The number of amides is 2. The summed E-state index contributed by atoms with van der Waals surface area (Å²) in [5, 5.41) is 10.6. The van der Waals surface area contributed by atoms with Crippen LogP contribution in [0.1, 0.15) is 32.8 Å². The van der Waals surface area contributed by atoms with E-state index >= 15 is 0 Å². The molecule has 5 heteroatoms. The summed E-state index contributed by atoms with van der Waals surface area (Å²) in [5.41, 5.74) is -1.43. The highest BCUT2D eigenvalue weighted by Gasteiger charge is 2.44. The molecule has 0 radical (unpaired) electrons. The van der Waals surface area contributed by atoms with Crippen molar-refractivity contribution in [2.24, 2.45) is 0 Å². The molecule has 1 atom stereocenters. The van der Waals surface area contributed by atoms with E-state index in [4.69, 9.17) is 0 Å². The van der Waals surface area contributed by atoms with E-state index in [1.54, 1.807) is 49.8 Å². The van der Waals surface area contributed by atoms with E-state index < -0.39 is 11.1 Å². The first-order valence-electron chi connectivity index (χ1n) is 7.50. The molecule has 1 unspecified atom stereocenters. The molecule has 0 aliphatic carbocycles. The molecule has 1 N–H and O–H groups in total. The molecule has 1 aromatic carbocycles. The Bertz CT molecular complexity index is 567. The van der Waals surface area contributed by atoms with Crippen LogP contribution in [0, 0.1) is 0 Å². The second-order valence-corrected chi connectivity index (χ2v) is 6.65. The maximum Gasteiger partial charge on any atom is 0.247 e. The first-order chi connectivity index (χ1) is 10.2. The fourth-order valence-electron chi connectivity index (χ4n) is 2.94. The largest absolute Gasteiger partial charge is 0.385 e. The standard InChI is InChI=1S/C17H24N2O3/c1-16(2)15(21)18(4)10-11-19(16)14(20)12-17(3,22)13-8-6-5-7-9-13/h5-9,22H,10-12H2,1-4H3. The van der Waals surface area contributed by atoms with Gasteiger partial charge in [0.2, 0.25) is 11.8 Å². The average Bonchev–Trinajstić information content (AvgIpc) is 2.45. The van der Waals surface area contributed by atoms with Crippen molar-refractivity contribution in [1.82, 2.24) is 9.80 Å². The van der Waals surface area contributed by atoms with Gasteiger partial charge in [-0.1, -0.05) is 30.3 Å². The van der Waals surface area contributed by atoms with Crippen molar-refractivity contribution in [2.45, 2.75) is 38.3 Å². The second-order valence-electron chi connectivity index (χ2n) is 6.65. The highest BCUT2D eigenvalue weighted by Crippen LogP contribution is 2.29. The Labute approximate surface area is 131 Å². The molecule has 1 aromatic rings. The van der Waals surface area contributed by atoms with Gasteiger partial charge in [0, 0.05) is 20.1 Å². The molecule has 22 heavy (non-hydrogen) atoms. The molecule has 0 saturated carbocycles. The Morgan fingerprint density at radius 1 is 1.27 bits per heavy atom. The molecule has 0 spiro atoms. The summed E-state index contributed by atoms with van der Waals surface area (Å²) in [5.74, 6) is -0.285. The van der Waals surface area contributed by atoms with Gasteiger partial charge in [0.25, 0.3) is 0 Å². The van der Waals surface area contributed by atoms with Gasteiger partial charge in [-0.2, -0.15) is 0 Å². The minimum Gasteiger partial charge on any atom is -0.385 e. The van der Waals surface area contributed by atoms with E-state index in [1.807, 2.05) is 18.2 Å². The monoisotopic (exact) mass is 304 g/mol. The Morgan fingerprint density at radius 3 is 2.45 bits per heavy atom. The lowest BCUT2D eigenvalue weighted by atomic mass is 9.90. The van der Waals surface area contributed by atoms with Gasteiger partial charge >= 0.3 is 0 Å². The first-order valence-corrected chi connectivity index (χ1v) is 7.50. The zero-order valence-corrected chi connectivity index (χ0v) is 13.7. The number of hydrogen-bond acceptors (Lipinski definition) is 3. The van der Waals surface area contributed by atoms with Gasteiger partial charge in [0.15, 0.2) is 0 Å². The van der Waals surface area contributed by atoms with Crippen molar-refractivity contribution in [3.63, 3.8) is 0 Å². The number of nitrogens with zero attached hydrogens (tertiary/aromatic N) is 2. The maximum absolute atomic E-state index is 12.7. The summed E-state index contributed by atoms with van der Waals surface area (Å²) < 4.78 is 0. The predicted molar refractivity (Wildman–Crippen MR) is 84.1 cm³/mol. The third-order valence-corrected chi connectivity index (χ3v) is 4.40. The average molecular weight is 304 g/mol. The highest BCUT2D eigenvalue weighted by molar-refractivity contribution is 5.92.